The summed E-state index contributed by atoms with van der Waals surface area (Å²) >= 11 is 0. The Kier molecular flexibility index (Phi) is 118. The van der Waals surface area contributed by atoms with Gasteiger partial charge in [-0.1, -0.05) is 0 Å². The SMILES string of the molecule is CNC.CN[C-]=O.CO.CO.C[C-]=O.[U+2].[V].[c-]1ccccc1.[c-]1ccccc1. The zero-order chi connectivity index (χ0) is 21.3. The van der Waals surface area contributed by atoms with Crippen LogP contribution >= 0.6 is 0 Å². The van der Waals surface area contributed by atoms with Crippen molar-refractivity contribution >= 4 is 12.7 Å². The van der Waals surface area contributed by atoms with E-state index in [1.54, 1.807) is 0 Å². The number of aliphatic hydroxyl groups excluding tert-OH is 2. The Balaban J connectivity index is -0.0000000381. The molecule has 0 aliphatic carbocycles. The van der Waals surface area contributed by atoms with Crippen LogP contribution in [0.1, 0.15) is 6.92 Å². The van der Waals surface area contributed by atoms with Crippen molar-refractivity contribution in [3.63, 3.8) is 0 Å². The molecule has 0 aliphatic heterocycles. The summed E-state index contributed by atoms with van der Waals surface area (Å²) in [6.45, 7) is 1.32. The van der Waals surface area contributed by atoms with Gasteiger partial charge in [-0.25, -0.2) is 0 Å². The molecule has 4 N–H and O–H groups in total. The van der Waals surface area contributed by atoms with Crippen LogP contribution in [0.25, 0.3) is 0 Å². The Bertz CT molecular complexity index is 315. The molecule has 0 aliphatic rings. The summed E-state index contributed by atoms with van der Waals surface area (Å²) in [5.74, 6) is 0. The number of nitrogens with one attached hydrogen (secondary N) is 2. The van der Waals surface area contributed by atoms with Crippen molar-refractivity contribution in [3.05, 3.63) is 72.8 Å². The van der Waals surface area contributed by atoms with E-state index in [0.717, 1.165) is 14.2 Å². The standard InChI is InChI=1S/2C6H5.C2H4NO.C2H7N.C2H3O.2CH4O.U.V/c2*1-2-4-6-5-3-1;1-3-2-4;1-3-2;1-2-3;2*1-2;;/h2*1-5H;1H3,(H,3,4);3H,1-2H3;1H3;2*2H,1H3;;/q3*-1;;-1;;;+2;. The molecule has 0 fully saturated rings. The topological polar surface area (TPSA) is 98.7 Å². The van der Waals surface area contributed by atoms with Crippen LogP contribution in [0.2, 0.25) is 0 Å². The molecule has 2 rings (SSSR count). The summed E-state index contributed by atoms with van der Waals surface area (Å²) in [4.78, 5) is 17.6. The number of aliphatic hydroxyl groups is 2. The summed E-state index contributed by atoms with van der Waals surface area (Å²) in [6, 6.07) is 25.0. The molecule has 0 atom stereocenters. The maximum absolute atomic E-state index is 8.94. The average Bonchev–Trinajstić information content (AvgIpc) is 2.75. The minimum absolute atomic E-state index is 0. The molecule has 8 heteroatoms. The van der Waals surface area contributed by atoms with E-state index in [0.29, 0.717) is 0 Å². The van der Waals surface area contributed by atoms with Gasteiger partial charge in [0.25, 0.3) is 0 Å². The Morgan fingerprint density at radius 1 is 0.714 bits per heavy atom. The molecule has 157 valence electrons. The van der Waals surface area contributed by atoms with E-state index in [1.165, 1.54) is 26.7 Å². The van der Waals surface area contributed by atoms with Crippen molar-refractivity contribution in [3.8, 4) is 0 Å². The molecule has 0 saturated heterocycles. The quantitative estimate of drug-likeness (QED) is 0.276. The molecule has 0 spiro atoms. The fraction of sp³-hybridized carbons (Fsp3) is 0.300. The zero-order valence-corrected chi connectivity index (χ0v) is 23.0. The molecule has 6 nitrogen and oxygen atoms in total. The number of hydrogen-bond donors (Lipinski definition) is 4. The second-order valence-electron chi connectivity index (χ2n) is 3.21. The molecular formula is C20H32N2O4UV-2. The van der Waals surface area contributed by atoms with E-state index in [4.69, 9.17) is 19.8 Å². The van der Waals surface area contributed by atoms with Crippen LogP contribution in [0.15, 0.2) is 60.7 Å². The van der Waals surface area contributed by atoms with Gasteiger partial charge in [-0.2, -0.15) is 86.1 Å². The fourth-order valence-electron chi connectivity index (χ4n) is 0.684. The molecular weight excluding hydrogens is 621 g/mol. The monoisotopic (exact) mass is 653 g/mol. The van der Waals surface area contributed by atoms with Crippen molar-refractivity contribution < 1.29 is 69.5 Å². The fourth-order valence-corrected chi connectivity index (χ4v) is 0.684. The molecule has 2 aromatic carbocycles. The van der Waals surface area contributed by atoms with Gasteiger partial charge >= 0.3 is 31.1 Å². The van der Waals surface area contributed by atoms with Crippen LogP contribution in [0.5, 0.6) is 0 Å². The number of amides is 1. The normalized spacial score (nSPS) is 5.71. The van der Waals surface area contributed by atoms with Crippen molar-refractivity contribution in [2.24, 2.45) is 0 Å². The smallest absolute Gasteiger partial charge is 0.542 e. The summed E-state index contributed by atoms with van der Waals surface area (Å²) in [7, 11) is 7.26. The van der Waals surface area contributed by atoms with E-state index < -0.39 is 0 Å². The molecule has 0 bridgehead atoms. The molecule has 0 aromatic heterocycles. The van der Waals surface area contributed by atoms with Crippen molar-refractivity contribution in [1.82, 2.24) is 10.6 Å². The van der Waals surface area contributed by atoms with E-state index in [2.05, 4.69) is 22.8 Å². The summed E-state index contributed by atoms with van der Waals surface area (Å²) in [6.07, 6.45) is 2.93. The number of carbonyl (C=O) groups excluding carboxylic acids is 2. The predicted molar refractivity (Wildman–Crippen MR) is 108 cm³/mol. The minimum atomic E-state index is 0. The zero-order valence-electron chi connectivity index (χ0n) is 17.4. The van der Waals surface area contributed by atoms with Crippen molar-refractivity contribution in [1.29, 1.82) is 0 Å². The van der Waals surface area contributed by atoms with Crippen LogP contribution in [-0.2, 0) is 28.1 Å². The summed E-state index contributed by atoms with van der Waals surface area (Å²) < 4.78 is 0. The first-order chi connectivity index (χ1) is 12.7. The third-order valence-corrected chi connectivity index (χ3v) is 1.32. The molecule has 0 saturated carbocycles. The van der Waals surface area contributed by atoms with Gasteiger partial charge in [0, 0.05) is 32.8 Å². The Hall–Kier alpha value is -0.904. The second-order valence-corrected chi connectivity index (χ2v) is 3.21. The maximum atomic E-state index is 8.94. The number of benzene rings is 2. The van der Waals surface area contributed by atoms with Gasteiger partial charge in [-0.05, 0) is 21.1 Å². The second kappa shape index (κ2) is 72.1. The van der Waals surface area contributed by atoms with Gasteiger partial charge in [0.05, 0.1) is 0 Å². The van der Waals surface area contributed by atoms with Gasteiger partial charge in [-0.15, -0.1) is 0 Å². The first-order valence-electron chi connectivity index (χ1n) is 7.37. The Morgan fingerprint density at radius 3 is 0.929 bits per heavy atom. The van der Waals surface area contributed by atoms with Crippen LogP contribution in [0, 0.1) is 43.2 Å². The van der Waals surface area contributed by atoms with E-state index >= 15 is 0 Å². The van der Waals surface area contributed by atoms with Gasteiger partial charge in [0.1, 0.15) is 0 Å². The molecule has 28 heavy (non-hydrogen) atoms. The predicted octanol–water partition coefficient (Wildman–Crippen LogP) is 1.41. The maximum Gasteiger partial charge on any atom is 2.00 e. The molecule has 1 radical (unpaired) electrons. The van der Waals surface area contributed by atoms with Gasteiger partial charge in [0.15, 0.2) is 0 Å². The van der Waals surface area contributed by atoms with Crippen LogP contribution in [0.4, 0.5) is 0 Å². The largest absolute Gasteiger partial charge is 2.00 e. The minimum Gasteiger partial charge on any atom is -0.542 e. The average molecular weight is 653 g/mol. The summed E-state index contributed by atoms with van der Waals surface area (Å²) in [5, 5.41) is 18.9. The third-order valence-electron chi connectivity index (χ3n) is 1.32. The molecule has 0 unspecified atom stereocenters. The molecule has 1 amide bonds. The first-order valence-corrected chi connectivity index (χ1v) is 7.37. The Labute approximate surface area is 206 Å². The van der Waals surface area contributed by atoms with Crippen LogP contribution in [0.3, 0.4) is 0 Å². The van der Waals surface area contributed by atoms with E-state index in [9.17, 15) is 0 Å². The molecule has 0 heterocycles. The van der Waals surface area contributed by atoms with Crippen molar-refractivity contribution in [2.45, 2.75) is 6.92 Å². The van der Waals surface area contributed by atoms with Gasteiger partial charge in [0.2, 0.25) is 0 Å². The number of rotatable bonds is 1. The Morgan fingerprint density at radius 2 is 0.893 bits per heavy atom. The third kappa shape index (κ3) is 99.6. The molecule has 2 aromatic rings. The number of hydrogen-bond acceptors (Lipinski definition) is 5. The van der Waals surface area contributed by atoms with E-state index in [-0.39, 0.29) is 49.7 Å². The summed E-state index contributed by atoms with van der Waals surface area (Å²) in [5.41, 5.74) is 0. The first kappa shape index (κ1) is 45.7. The van der Waals surface area contributed by atoms with E-state index in [1.807, 2.05) is 74.8 Å². The van der Waals surface area contributed by atoms with Crippen LogP contribution < -0.4 is 10.6 Å². The van der Waals surface area contributed by atoms with Gasteiger partial charge in [-0.3, -0.25) is 6.29 Å². The van der Waals surface area contributed by atoms with Gasteiger partial charge < -0.3 is 30.4 Å². The van der Waals surface area contributed by atoms with Crippen molar-refractivity contribution in [2.75, 3.05) is 35.4 Å². The van der Waals surface area contributed by atoms with Crippen LogP contribution in [-0.4, -0.2) is 58.3 Å².